The molecule has 7 heteroatoms. The Morgan fingerprint density at radius 3 is 2.78 bits per heavy atom. The maximum absolute atomic E-state index is 5.42. The molecule has 0 aliphatic heterocycles. The van der Waals surface area contributed by atoms with Crippen LogP contribution in [0.4, 0.5) is 5.82 Å². The summed E-state index contributed by atoms with van der Waals surface area (Å²) >= 11 is 1.46. The average molecular weight is 260 g/mol. The predicted octanol–water partition coefficient (Wildman–Crippen LogP) is 1.58. The number of nitrogens with one attached hydrogen (secondary N) is 1. The van der Waals surface area contributed by atoms with Crippen molar-refractivity contribution in [3.05, 3.63) is 30.5 Å². The lowest BCUT2D eigenvalue weighted by atomic mass is 10.4. The second kappa shape index (κ2) is 4.87. The molecule has 0 amide bonds. The minimum absolute atomic E-state index is 0.486. The van der Waals surface area contributed by atoms with E-state index in [4.69, 9.17) is 5.84 Å². The summed E-state index contributed by atoms with van der Waals surface area (Å²) < 4.78 is 0. The predicted molar refractivity (Wildman–Crippen MR) is 68.0 cm³/mol. The van der Waals surface area contributed by atoms with E-state index in [-0.39, 0.29) is 0 Å². The van der Waals surface area contributed by atoms with Gasteiger partial charge in [0.2, 0.25) is 0 Å². The molecule has 0 radical (unpaired) electrons. The molecule has 3 rings (SSSR count). The number of nitrogens with zero attached hydrogens (tertiary/aromatic N) is 4. The largest absolute Gasteiger partial charge is 0.308 e. The number of rotatable bonds is 4. The Balaban J connectivity index is 1.88. The smallest absolute Gasteiger partial charge is 0.144 e. The SMILES string of the molecule is NNc1cc(Sc2cnccn2)nc(C2CC2)n1. The molecular weight excluding hydrogens is 248 g/mol. The molecule has 18 heavy (non-hydrogen) atoms. The summed E-state index contributed by atoms with van der Waals surface area (Å²) in [5, 5.41) is 1.64. The quantitative estimate of drug-likeness (QED) is 0.490. The van der Waals surface area contributed by atoms with E-state index in [2.05, 4.69) is 25.4 Å². The lowest BCUT2D eigenvalue weighted by Gasteiger charge is -2.06. The van der Waals surface area contributed by atoms with Gasteiger partial charge in [-0.2, -0.15) is 0 Å². The minimum Gasteiger partial charge on any atom is -0.308 e. The monoisotopic (exact) mass is 260 g/mol. The van der Waals surface area contributed by atoms with Crippen molar-refractivity contribution in [1.29, 1.82) is 0 Å². The fraction of sp³-hybridized carbons (Fsp3) is 0.273. The number of hydrogen-bond acceptors (Lipinski definition) is 7. The molecule has 0 bridgehead atoms. The van der Waals surface area contributed by atoms with Gasteiger partial charge in [0.1, 0.15) is 21.7 Å². The van der Waals surface area contributed by atoms with Gasteiger partial charge in [-0.1, -0.05) is 0 Å². The number of aromatic nitrogens is 4. The second-order valence-electron chi connectivity index (χ2n) is 4.01. The molecule has 0 atom stereocenters. The van der Waals surface area contributed by atoms with Gasteiger partial charge in [0.05, 0.1) is 6.20 Å². The van der Waals surface area contributed by atoms with Crippen molar-refractivity contribution in [2.45, 2.75) is 28.8 Å². The zero-order valence-electron chi connectivity index (χ0n) is 9.58. The first-order valence-electron chi connectivity index (χ1n) is 5.64. The zero-order valence-corrected chi connectivity index (χ0v) is 10.4. The summed E-state index contributed by atoms with van der Waals surface area (Å²) in [6, 6.07) is 1.81. The van der Waals surface area contributed by atoms with E-state index in [0.29, 0.717) is 11.7 Å². The highest BCUT2D eigenvalue weighted by molar-refractivity contribution is 7.99. The van der Waals surface area contributed by atoms with Crippen molar-refractivity contribution in [1.82, 2.24) is 19.9 Å². The Bertz CT molecular complexity index is 542. The first-order chi connectivity index (χ1) is 8.85. The topological polar surface area (TPSA) is 89.6 Å². The van der Waals surface area contributed by atoms with Crippen molar-refractivity contribution in [3.8, 4) is 0 Å². The first-order valence-corrected chi connectivity index (χ1v) is 6.46. The molecule has 92 valence electrons. The summed E-state index contributed by atoms with van der Waals surface area (Å²) in [5.74, 6) is 7.41. The fourth-order valence-corrected chi connectivity index (χ4v) is 2.29. The molecule has 1 aliphatic carbocycles. The Hall–Kier alpha value is -1.73. The van der Waals surface area contributed by atoms with Crippen molar-refractivity contribution in [2.24, 2.45) is 5.84 Å². The molecule has 0 aromatic carbocycles. The van der Waals surface area contributed by atoms with Crippen molar-refractivity contribution >= 4 is 17.6 Å². The van der Waals surface area contributed by atoms with Gasteiger partial charge < -0.3 is 5.43 Å². The van der Waals surface area contributed by atoms with Crippen LogP contribution >= 0.6 is 11.8 Å². The van der Waals surface area contributed by atoms with Crippen LogP contribution in [0.1, 0.15) is 24.6 Å². The standard InChI is InChI=1S/C11H12N6S/c12-17-8-5-9(16-11(15-8)7-1-2-7)18-10-6-13-3-4-14-10/h3-7H,1-2,12H2,(H,15,16,17). The van der Waals surface area contributed by atoms with Crippen molar-refractivity contribution < 1.29 is 0 Å². The maximum Gasteiger partial charge on any atom is 0.144 e. The zero-order chi connectivity index (χ0) is 12.4. The molecule has 2 aromatic heterocycles. The van der Waals surface area contributed by atoms with Gasteiger partial charge in [-0.15, -0.1) is 0 Å². The number of hydrazine groups is 1. The molecular formula is C11H12N6S. The lowest BCUT2D eigenvalue weighted by molar-refractivity contribution is 0.876. The van der Waals surface area contributed by atoms with Crippen LogP contribution in [0.3, 0.4) is 0 Å². The molecule has 0 spiro atoms. The number of nitrogens with two attached hydrogens (primary N) is 1. The van der Waals surface area contributed by atoms with Crippen LogP contribution in [0, 0.1) is 0 Å². The van der Waals surface area contributed by atoms with Gasteiger partial charge in [0.15, 0.2) is 0 Å². The van der Waals surface area contributed by atoms with E-state index >= 15 is 0 Å². The third kappa shape index (κ3) is 2.57. The van der Waals surface area contributed by atoms with Crippen LogP contribution < -0.4 is 11.3 Å². The normalized spacial score (nSPS) is 14.5. The summed E-state index contributed by atoms with van der Waals surface area (Å²) in [4.78, 5) is 17.1. The van der Waals surface area contributed by atoms with Gasteiger partial charge in [-0.05, 0) is 24.6 Å². The van der Waals surface area contributed by atoms with Crippen LogP contribution in [0.25, 0.3) is 0 Å². The molecule has 0 saturated heterocycles. The number of nitrogen functional groups attached to an aromatic ring is 1. The number of hydrogen-bond donors (Lipinski definition) is 2. The van der Waals surface area contributed by atoms with E-state index in [0.717, 1.165) is 28.7 Å². The Morgan fingerprint density at radius 2 is 2.11 bits per heavy atom. The Morgan fingerprint density at radius 1 is 1.22 bits per heavy atom. The van der Waals surface area contributed by atoms with Crippen LogP contribution in [0.15, 0.2) is 34.7 Å². The summed E-state index contributed by atoms with van der Waals surface area (Å²) in [5.41, 5.74) is 2.58. The van der Waals surface area contributed by atoms with Crippen molar-refractivity contribution in [3.63, 3.8) is 0 Å². The number of anilines is 1. The van der Waals surface area contributed by atoms with E-state index in [1.165, 1.54) is 11.8 Å². The van der Waals surface area contributed by atoms with Gasteiger partial charge in [-0.3, -0.25) is 4.98 Å². The lowest BCUT2D eigenvalue weighted by Crippen LogP contribution is -2.10. The van der Waals surface area contributed by atoms with E-state index < -0.39 is 0 Å². The van der Waals surface area contributed by atoms with Crippen LogP contribution in [0.2, 0.25) is 0 Å². The Labute approximate surface area is 108 Å². The second-order valence-corrected chi connectivity index (χ2v) is 5.05. The minimum atomic E-state index is 0.486. The molecule has 1 saturated carbocycles. The molecule has 1 fully saturated rings. The Kier molecular flexibility index (Phi) is 3.07. The van der Waals surface area contributed by atoms with Crippen LogP contribution in [-0.4, -0.2) is 19.9 Å². The van der Waals surface area contributed by atoms with Crippen LogP contribution in [0.5, 0.6) is 0 Å². The van der Waals surface area contributed by atoms with E-state index in [1.54, 1.807) is 18.6 Å². The summed E-state index contributed by atoms with van der Waals surface area (Å²) in [7, 11) is 0. The summed E-state index contributed by atoms with van der Waals surface area (Å²) in [6.07, 6.45) is 7.33. The average Bonchev–Trinajstić information content (AvgIpc) is 3.24. The van der Waals surface area contributed by atoms with E-state index in [1.807, 2.05) is 6.07 Å². The molecule has 0 unspecified atom stereocenters. The molecule has 1 aliphatic rings. The van der Waals surface area contributed by atoms with Gasteiger partial charge in [-0.25, -0.2) is 20.8 Å². The highest BCUT2D eigenvalue weighted by Crippen LogP contribution is 2.39. The maximum atomic E-state index is 5.42. The highest BCUT2D eigenvalue weighted by Gasteiger charge is 2.27. The van der Waals surface area contributed by atoms with E-state index in [9.17, 15) is 0 Å². The van der Waals surface area contributed by atoms with Gasteiger partial charge in [0, 0.05) is 24.4 Å². The third-order valence-corrected chi connectivity index (χ3v) is 3.40. The van der Waals surface area contributed by atoms with Crippen LogP contribution in [-0.2, 0) is 0 Å². The molecule has 2 heterocycles. The fourth-order valence-electron chi connectivity index (χ4n) is 1.54. The summed E-state index contributed by atoms with van der Waals surface area (Å²) in [6.45, 7) is 0. The highest BCUT2D eigenvalue weighted by atomic mass is 32.2. The van der Waals surface area contributed by atoms with Gasteiger partial charge >= 0.3 is 0 Å². The molecule has 2 aromatic rings. The molecule has 3 N–H and O–H groups in total. The first kappa shape index (κ1) is 11.4. The third-order valence-electron chi connectivity index (χ3n) is 2.56. The van der Waals surface area contributed by atoms with Crippen molar-refractivity contribution in [2.75, 3.05) is 5.43 Å². The molecule has 6 nitrogen and oxygen atoms in total. The van der Waals surface area contributed by atoms with Gasteiger partial charge in [0.25, 0.3) is 0 Å².